The monoisotopic (exact) mass is 422 g/mol. The van der Waals surface area contributed by atoms with E-state index in [2.05, 4.69) is 27.9 Å². The molecule has 0 aliphatic heterocycles. The zero-order valence-electron chi connectivity index (χ0n) is 17.8. The van der Waals surface area contributed by atoms with Crippen molar-refractivity contribution in [3.8, 4) is 5.75 Å². The Morgan fingerprint density at radius 1 is 1.13 bits per heavy atom. The second-order valence-electron chi connectivity index (χ2n) is 7.88. The van der Waals surface area contributed by atoms with Crippen molar-refractivity contribution in [2.75, 3.05) is 7.11 Å². The molecule has 31 heavy (non-hydrogen) atoms. The Labute approximate surface area is 181 Å². The Hall–Kier alpha value is -3.19. The first-order valence-electron chi connectivity index (χ1n) is 10.5. The van der Waals surface area contributed by atoms with Gasteiger partial charge in [0.1, 0.15) is 11.6 Å². The molecule has 0 saturated heterocycles. The lowest BCUT2D eigenvalue weighted by atomic mass is 9.91. The van der Waals surface area contributed by atoms with Crippen molar-refractivity contribution >= 4 is 5.91 Å². The maximum Gasteiger partial charge on any atom is 0.272 e. The molecule has 1 aromatic heterocycles. The van der Waals surface area contributed by atoms with Crippen LogP contribution in [-0.2, 0) is 33.0 Å². The molecule has 4 rings (SSSR count). The summed E-state index contributed by atoms with van der Waals surface area (Å²) in [5, 5.41) is 11.0. The van der Waals surface area contributed by atoms with Gasteiger partial charge in [-0.2, -0.15) is 5.10 Å². The van der Waals surface area contributed by atoms with Crippen LogP contribution < -0.4 is 15.4 Å². The molecule has 1 unspecified atom stereocenters. The third kappa shape index (κ3) is 4.94. The number of hydrogen-bond donors (Lipinski definition) is 2. The Bertz CT molecular complexity index is 1040. The van der Waals surface area contributed by atoms with Crippen molar-refractivity contribution < 1.29 is 13.9 Å². The van der Waals surface area contributed by atoms with Gasteiger partial charge < -0.3 is 15.4 Å². The van der Waals surface area contributed by atoms with E-state index in [1.54, 1.807) is 19.2 Å². The van der Waals surface area contributed by atoms with Gasteiger partial charge in [-0.1, -0.05) is 24.3 Å². The minimum absolute atomic E-state index is 0.197. The summed E-state index contributed by atoms with van der Waals surface area (Å²) in [6, 6.07) is 14.4. The van der Waals surface area contributed by atoms with Crippen LogP contribution in [0.1, 0.15) is 39.3 Å². The maximum absolute atomic E-state index is 13.1. The molecule has 7 heteroatoms. The van der Waals surface area contributed by atoms with Gasteiger partial charge >= 0.3 is 0 Å². The average Bonchev–Trinajstić information content (AvgIpc) is 3.13. The van der Waals surface area contributed by atoms with Crippen molar-refractivity contribution in [3.05, 3.63) is 82.4 Å². The van der Waals surface area contributed by atoms with E-state index >= 15 is 0 Å². The summed E-state index contributed by atoms with van der Waals surface area (Å²) in [7, 11) is 3.55. The van der Waals surface area contributed by atoms with Crippen LogP contribution in [0.4, 0.5) is 4.39 Å². The lowest BCUT2D eigenvalue weighted by Crippen LogP contribution is -2.35. The summed E-state index contributed by atoms with van der Waals surface area (Å²) in [4.78, 5) is 12.8. The highest BCUT2D eigenvalue weighted by Crippen LogP contribution is 2.25. The van der Waals surface area contributed by atoms with Crippen molar-refractivity contribution in [1.82, 2.24) is 20.4 Å². The lowest BCUT2D eigenvalue weighted by Gasteiger charge is -2.24. The van der Waals surface area contributed by atoms with Gasteiger partial charge in [-0.05, 0) is 54.7 Å². The number of fused-ring (bicyclic) bond motifs is 1. The molecule has 0 spiro atoms. The van der Waals surface area contributed by atoms with Crippen molar-refractivity contribution in [3.63, 3.8) is 0 Å². The number of hydrogen-bond acceptors (Lipinski definition) is 4. The van der Waals surface area contributed by atoms with E-state index in [-0.39, 0.29) is 17.8 Å². The van der Waals surface area contributed by atoms with Crippen LogP contribution >= 0.6 is 0 Å². The number of carbonyl (C=O) groups is 1. The van der Waals surface area contributed by atoms with Gasteiger partial charge in [-0.25, -0.2) is 4.39 Å². The predicted octanol–water partition coefficient (Wildman–Crippen LogP) is 3.14. The highest BCUT2D eigenvalue weighted by molar-refractivity contribution is 5.94. The summed E-state index contributed by atoms with van der Waals surface area (Å²) in [6.07, 6.45) is 2.64. The number of halogens is 1. The number of carbonyl (C=O) groups excluding carboxylic acids is 1. The van der Waals surface area contributed by atoms with Gasteiger partial charge in [0.15, 0.2) is 5.69 Å². The SMILES string of the molecule is COc1ccc(CNC2CCc3c(c(C(=O)NCc4ccc(F)cc4)nn3C)C2)cc1. The molecule has 162 valence electrons. The first-order chi connectivity index (χ1) is 15.0. The summed E-state index contributed by atoms with van der Waals surface area (Å²) in [5.41, 5.74) is 4.65. The molecular formula is C24H27FN4O2. The number of nitrogens with one attached hydrogen (secondary N) is 2. The normalized spacial score (nSPS) is 15.4. The molecule has 0 saturated carbocycles. The van der Waals surface area contributed by atoms with Crippen LogP contribution in [0.5, 0.6) is 5.75 Å². The molecule has 0 fully saturated rings. The molecule has 0 bridgehead atoms. The first-order valence-corrected chi connectivity index (χ1v) is 10.5. The van der Waals surface area contributed by atoms with Gasteiger partial charge in [-0.15, -0.1) is 0 Å². The van der Waals surface area contributed by atoms with E-state index in [9.17, 15) is 9.18 Å². The third-order valence-electron chi connectivity index (χ3n) is 5.79. The van der Waals surface area contributed by atoms with E-state index in [1.807, 2.05) is 23.9 Å². The fraction of sp³-hybridized carbons (Fsp3) is 0.333. The van der Waals surface area contributed by atoms with E-state index < -0.39 is 0 Å². The topological polar surface area (TPSA) is 68.2 Å². The molecular weight excluding hydrogens is 395 g/mol. The fourth-order valence-electron chi connectivity index (χ4n) is 4.02. The molecule has 2 aromatic carbocycles. The third-order valence-corrected chi connectivity index (χ3v) is 5.79. The molecule has 2 N–H and O–H groups in total. The van der Waals surface area contributed by atoms with Crippen LogP contribution in [0.25, 0.3) is 0 Å². The number of ether oxygens (including phenoxy) is 1. The smallest absolute Gasteiger partial charge is 0.272 e. The first kappa shape index (κ1) is 21.1. The minimum atomic E-state index is -0.290. The summed E-state index contributed by atoms with van der Waals surface area (Å²) in [6.45, 7) is 1.10. The highest BCUT2D eigenvalue weighted by atomic mass is 19.1. The Balaban J connectivity index is 1.39. The van der Waals surface area contributed by atoms with E-state index in [4.69, 9.17) is 4.74 Å². The zero-order valence-corrected chi connectivity index (χ0v) is 17.8. The number of aryl methyl sites for hydroxylation is 1. The molecule has 1 amide bonds. The number of aromatic nitrogens is 2. The molecule has 1 aliphatic rings. The number of benzene rings is 2. The Morgan fingerprint density at radius 2 is 1.81 bits per heavy atom. The van der Waals surface area contributed by atoms with Crippen LogP contribution in [0.3, 0.4) is 0 Å². The largest absolute Gasteiger partial charge is 0.497 e. The standard InChI is InChI=1S/C24H27FN4O2/c1-29-22-12-9-19(26-14-17-5-10-20(31-2)11-6-17)13-21(22)23(28-29)24(30)27-15-16-3-7-18(25)8-4-16/h3-8,10-11,19,26H,9,12-15H2,1-2H3,(H,27,30). The number of rotatable bonds is 7. The van der Waals surface area contributed by atoms with E-state index in [1.165, 1.54) is 17.7 Å². The molecule has 0 radical (unpaired) electrons. The molecule has 1 heterocycles. The summed E-state index contributed by atoms with van der Waals surface area (Å²) in [5.74, 6) is 0.358. The Kier molecular flexibility index (Phi) is 6.32. The zero-order chi connectivity index (χ0) is 21.8. The van der Waals surface area contributed by atoms with Gasteiger partial charge in [0.05, 0.1) is 7.11 Å². The van der Waals surface area contributed by atoms with Crippen LogP contribution in [0.15, 0.2) is 48.5 Å². The van der Waals surface area contributed by atoms with E-state index in [0.717, 1.165) is 48.4 Å². The average molecular weight is 423 g/mol. The predicted molar refractivity (Wildman–Crippen MR) is 116 cm³/mol. The fourth-order valence-corrected chi connectivity index (χ4v) is 4.02. The second kappa shape index (κ2) is 9.31. The molecule has 1 aliphatic carbocycles. The molecule has 3 aromatic rings. The van der Waals surface area contributed by atoms with Gasteiger partial charge in [0.25, 0.3) is 5.91 Å². The van der Waals surface area contributed by atoms with Crippen LogP contribution in [-0.4, -0.2) is 28.8 Å². The van der Waals surface area contributed by atoms with E-state index in [0.29, 0.717) is 12.2 Å². The number of nitrogens with zero attached hydrogens (tertiary/aromatic N) is 2. The lowest BCUT2D eigenvalue weighted by molar-refractivity contribution is 0.0944. The highest BCUT2D eigenvalue weighted by Gasteiger charge is 2.28. The second-order valence-corrected chi connectivity index (χ2v) is 7.88. The number of methoxy groups -OCH3 is 1. The van der Waals surface area contributed by atoms with Crippen molar-refractivity contribution in [2.24, 2.45) is 7.05 Å². The van der Waals surface area contributed by atoms with Crippen LogP contribution in [0, 0.1) is 5.82 Å². The van der Waals surface area contributed by atoms with Gasteiger partial charge in [-0.3, -0.25) is 9.48 Å². The number of amides is 1. The van der Waals surface area contributed by atoms with Crippen molar-refractivity contribution in [2.45, 2.75) is 38.4 Å². The molecule has 1 atom stereocenters. The van der Waals surface area contributed by atoms with Crippen LogP contribution in [0.2, 0.25) is 0 Å². The van der Waals surface area contributed by atoms with Gasteiger partial charge in [0, 0.05) is 37.4 Å². The maximum atomic E-state index is 13.1. The molecule has 6 nitrogen and oxygen atoms in total. The van der Waals surface area contributed by atoms with Gasteiger partial charge in [0.2, 0.25) is 0 Å². The quantitative estimate of drug-likeness (QED) is 0.614. The minimum Gasteiger partial charge on any atom is -0.497 e. The summed E-state index contributed by atoms with van der Waals surface area (Å²) < 4.78 is 20.1. The van der Waals surface area contributed by atoms with Crippen molar-refractivity contribution in [1.29, 1.82) is 0 Å². The Morgan fingerprint density at radius 3 is 2.52 bits per heavy atom. The summed E-state index contributed by atoms with van der Waals surface area (Å²) >= 11 is 0.